The minimum Gasteiger partial charge on any atom is -0.393 e. The van der Waals surface area contributed by atoms with Crippen LogP contribution in [0.2, 0.25) is 0 Å². The van der Waals surface area contributed by atoms with E-state index >= 15 is 0 Å². The summed E-state index contributed by atoms with van der Waals surface area (Å²) in [5, 5.41) is 52.7. The van der Waals surface area contributed by atoms with Gasteiger partial charge in [0.2, 0.25) is 16.8 Å². The minimum absolute atomic E-state index is 0.610. The first-order chi connectivity index (χ1) is 11.0. The Morgan fingerprint density at radius 2 is 1.12 bits per heavy atom. The van der Waals surface area contributed by atoms with Crippen LogP contribution >= 0.6 is 15.9 Å². The lowest BCUT2D eigenvalue weighted by atomic mass is 9.56. The van der Waals surface area contributed by atoms with E-state index in [1.165, 1.54) is 0 Å². The van der Waals surface area contributed by atoms with Gasteiger partial charge < -0.3 is 30.3 Å². The second kappa shape index (κ2) is 5.98. The van der Waals surface area contributed by atoms with E-state index in [9.17, 15) is 44.7 Å². The fourth-order valence-corrected chi connectivity index (χ4v) is 4.10. The van der Waals surface area contributed by atoms with Crippen molar-refractivity contribution < 1.29 is 49.4 Å². The van der Waals surface area contributed by atoms with Crippen molar-refractivity contribution in [2.75, 3.05) is 6.61 Å². The molecule has 0 amide bonds. The molecule has 0 aromatic heterocycles. The molecule has 1 aliphatic rings. The zero-order valence-corrected chi connectivity index (χ0v) is 15.4. The second-order valence-corrected chi connectivity index (χ2v) is 7.08. The number of halogens is 1. The summed E-state index contributed by atoms with van der Waals surface area (Å²) < 4.78 is 1.57. The minimum atomic E-state index is -3.75. The van der Waals surface area contributed by atoms with Gasteiger partial charge in [-0.3, -0.25) is 19.2 Å². The largest absolute Gasteiger partial charge is 0.393 e. The molecule has 1 rings (SSSR count). The molecule has 0 unspecified atom stereocenters. The van der Waals surface area contributed by atoms with Crippen molar-refractivity contribution in [2.24, 2.45) is 0 Å². The van der Waals surface area contributed by atoms with Gasteiger partial charge >= 0.3 is 0 Å². The van der Waals surface area contributed by atoms with Crippen LogP contribution in [0.1, 0.15) is 27.7 Å². The summed E-state index contributed by atoms with van der Waals surface area (Å²) in [5.74, 6) is -5.75. The topological polar surface area (TPSA) is 179 Å². The van der Waals surface area contributed by atoms with Crippen molar-refractivity contribution in [3.8, 4) is 0 Å². The number of hydrogen-bond acceptors (Lipinski definition) is 10. The number of hydrogen-bond donors (Lipinski definition) is 5. The number of carbonyl (C=O) groups is 4. The highest BCUT2D eigenvalue weighted by molar-refractivity contribution is 9.10. The monoisotopic (exact) mass is 426 g/mol. The third kappa shape index (κ3) is 2.17. The summed E-state index contributed by atoms with van der Waals surface area (Å²) in [5.41, 5.74) is -14.0. The summed E-state index contributed by atoms with van der Waals surface area (Å²) >= 11 is 2.41. The van der Waals surface area contributed by atoms with Gasteiger partial charge in [-0.15, -0.1) is 0 Å². The number of ketones is 4. The first-order valence-corrected chi connectivity index (χ1v) is 7.77. The molecule has 1 heterocycles. The number of Topliss-reactive ketones (excluding diaryl/α,β-unsaturated/α-hetero) is 4. The Balaban J connectivity index is 4.21. The number of aliphatic hydroxyl groups is 5. The van der Waals surface area contributed by atoms with Gasteiger partial charge in [-0.2, -0.15) is 0 Å². The molecule has 0 aliphatic carbocycles. The number of rotatable bonds is 5. The zero-order valence-electron chi connectivity index (χ0n) is 13.9. The van der Waals surface area contributed by atoms with Crippen LogP contribution in [0.3, 0.4) is 0 Å². The maximum absolute atomic E-state index is 12.2. The standard InChI is InChI=1S/C14H19BrO10/c1-6(17)10(5-16)11(21,7(2)18)12(22,8(3)19)13(23,9(4)20)14(15,24)25-10/h16,21-24H,5H2,1-4H3/t10-,11+,12-,13+,14+/m0/s1. The van der Waals surface area contributed by atoms with Crippen molar-refractivity contribution >= 4 is 39.1 Å². The normalized spacial score (nSPS) is 44.2. The molecule has 0 saturated carbocycles. The Bertz CT molecular complexity index is 660. The van der Waals surface area contributed by atoms with Gasteiger partial charge in [-0.1, -0.05) is 0 Å². The van der Waals surface area contributed by atoms with E-state index in [4.69, 9.17) is 4.74 Å². The van der Waals surface area contributed by atoms with Crippen LogP contribution < -0.4 is 0 Å². The molecule has 25 heavy (non-hydrogen) atoms. The fraction of sp³-hybridized carbons (Fsp3) is 0.714. The Morgan fingerprint density at radius 3 is 1.36 bits per heavy atom. The first kappa shape index (κ1) is 22.0. The summed E-state index contributed by atoms with van der Waals surface area (Å²) in [6, 6.07) is 0. The lowest BCUT2D eigenvalue weighted by molar-refractivity contribution is -0.391. The van der Waals surface area contributed by atoms with Crippen LogP contribution in [0.4, 0.5) is 0 Å². The lowest BCUT2D eigenvalue weighted by Gasteiger charge is -2.62. The molecule has 1 fully saturated rings. The Labute approximate surface area is 150 Å². The molecule has 0 spiro atoms. The van der Waals surface area contributed by atoms with Crippen LogP contribution in [0, 0.1) is 0 Å². The van der Waals surface area contributed by atoms with E-state index in [1.807, 2.05) is 0 Å². The predicted octanol–water partition coefficient (Wildman–Crippen LogP) is -2.66. The Kier molecular flexibility index (Phi) is 5.25. The van der Waals surface area contributed by atoms with Crippen LogP contribution in [0.5, 0.6) is 0 Å². The maximum Gasteiger partial charge on any atom is 0.266 e. The number of aliphatic hydroxyl groups excluding tert-OH is 1. The summed E-state index contributed by atoms with van der Waals surface area (Å²) in [7, 11) is 0. The van der Waals surface area contributed by atoms with Gasteiger partial charge in [0.1, 0.15) is 0 Å². The van der Waals surface area contributed by atoms with Gasteiger partial charge in [0.05, 0.1) is 6.61 Å². The molecule has 0 bridgehead atoms. The first-order valence-electron chi connectivity index (χ1n) is 6.98. The smallest absolute Gasteiger partial charge is 0.266 e. The van der Waals surface area contributed by atoms with Crippen LogP contribution in [-0.4, -0.2) is 82.4 Å². The SMILES string of the molecule is CC(=O)[C@@]1(O)[C@](O)(C(C)=O)[C@](O)(Br)O[C@@](CO)(C(C)=O)[C@]1(O)C(C)=O. The van der Waals surface area contributed by atoms with E-state index in [0.717, 1.165) is 6.92 Å². The lowest BCUT2D eigenvalue weighted by Crippen LogP contribution is -2.92. The van der Waals surface area contributed by atoms with Gasteiger partial charge in [0.15, 0.2) is 28.7 Å². The van der Waals surface area contributed by atoms with Crippen molar-refractivity contribution in [2.45, 2.75) is 54.8 Å². The molecule has 0 aromatic rings. The van der Waals surface area contributed by atoms with Crippen molar-refractivity contribution in [3.05, 3.63) is 0 Å². The van der Waals surface area contributed by atoms with E-state index in [-0.39, 0.29) is 0 Å². The fourth-order valence-electron chi connectivity index (χ4n) is 3.26. The van der Waals surface area contributed by atoms with Crippen LogP contribution in [-0.2, 0) is 23.9 Å². The number of carbonyl (C=O) groups excluding carboxylic acids is 4. The third-order valence-corrected chi connectivity index (χ3v) is 5.44. The van der Waals surface area contributed by atoms with E-state index in [2.05, 4.69) is 15.9 Å². The Hall–Kier alpha value is -1.08. The number of ether oxygens (including phenoxy) is 1. The highest BCUT2D eigenvalue weighted by atomic mass is 79.9. The molecule has 10 nitrogen and oxygen atoms in total. The van der Waals surface area contributed by atoms with E-state index < -0.39 is 56.8 Å². The predicted molar refractivity (Wildman–Crippen MR) is 82.4 cm³/mol. The van der Waals surface area contributed by atoms with E-state index in [0.29, 0.717) is 20.8 Å². The van der Waals surface area contributed by atoms with Gasteiger partial charge in [-0.25, -0.2) is 0 Å². The molecule has 1 saturated heterocycles. The summed E-state index contributed by atoms with van der Waals surface area (Å²) in [6.07, 6.45) is 0. The molecule has 1 aliphatic heterocycles. The molecule has 11 heteroatoms. The second-order valence-electron chi connectivity index (χ2n) is 6.00. The van der Waals surface area contributed by atoms with Gasteiger partial charge in [0, 0.05) is 0 Å². The summed E-state index contributed by atoms with van der Waals surface area (Å²) in [6.45, 7) is 1.16. The Morgan fingerprint density at radius 1 is 0.760 bits per heavy atom. The van der Waals surface area contributed by atoms with Crippen molar-refractivity contribution in [1.82, 2.24) is 0 Å². The zero-order chi connectivity index (χ0) is 20.2. The molecule has 0 aromatic carbocycles. The van der Waals surface area contributed by atoms with Gasteiger partial charge in [0.25, 0.3) is 4.70 Å². The molecule has 5 atom stereocenters. The number of alkyl halides is 1. The molecule has 142 valence electrons. The summed E-state index contributed by atoms with van der Waals surface area (Å²) in [4.78, 5) is 48.6. The highest BCUT2D eigenvalue weighted by Gasteiger charge is 2.87. The molecular formula is C14H19BrO10. The average molecular weight is 427 g/mol. The van der Waals surface area contributed by atoms with Crippen molar-refractivity contribution in [1.29, 1.82) is 0 Å². The highest BCUT2D eigenvalue weighted by Crippen LogP contribution is 2.56. The van der Waals surface area contributed by atoms with Crippen LogP contribution in [0.25, 0.3) is 0 Å². The molecular weight excluding hydrogens is 408 g/mol. The van der Waals surface area contributed by atoms with Gasteiger partial charge in [-0.05, 0) is 43.6 Å². The quantitative estimate of drug-likeness (QED) is 0.291. The average Bonchev–Trinajstić information content (AvgIpc) is 2.47. The third-order valence-electron chi connectivity index (χ3n) is 4.71. The van der Waals surface area contributed by atoms with Crippen molar-refractivity contribution in [3.63, 3.8) is 0 Å². The van der Waals surface area contributed by atoms with E-state index in [1.54, 1.807) is 0 Å². The molecule has 5 N–H and O–H groups in total. The molecule has 0 radical (unpaired) electrons. The maximum atomic E-state index is 12.2. The van der Waals surface area contributed by atoms with Crippen LogP contribution in [0.15, 0.2) is 0 Å².